The minimum atomic E-state index is -0.646. The van der Waals surface area contributed by atoms with Gasteiger partial charge in [-0.3, -0.25) is 19.3 Å². The van der Waals surface area contributed by atoms with Gasteiger partial charge in [-0.25, -0.2) is 0 Å². The molecule has 24 heavy (non-hydrogen) atoms. The monoisotopic (exact) mass is 345 g/mol. The Bertz CT molecular complexity index is 940. The predicted octanol–water partition coefficient (Wildman–Crippen LogP) is 2.78. The molecule has 0 aliphatic heterocycles. The van der Waals surface area contributed by atoms with Gasteiger partial charge < -0.3 is 5.32 Å². The van der Waals surface area contributed by atoms with Gasteiger partial charge in [0, 0.05) is 12.3 Å². The van der Waals surface area contributed by atoms with E-state index in [1.165, 1.54) is 18.2 Å². The van der Waals surface area contributed by atoms with Gasteiger partial charge in [0.25, 0.3) is 11.6 Å². The van der Waals surface area contributed by atoms with E-state index in [2.05, 4.69) is 15.5 Å². The molecule has 0 fully saturated rings. The minimum Gasteiger partial charge on any atom is -0.342 e. The van der Waals surface area contributed by atoms with Crippen molar-refractivity contribution >= 4 is 28.8 Å². The number of nitrogens with zero attached hydrogens (tertiary/aromatic N) is 4. The summed E-state index contributed by atoms with van der Waals surface area (Å²) in [7, 11) is 0. The van der Waals surface area contributed by atoms with Crippen molar-refractivity contribution in [3.05, 3.63) is 69.1 Å². The number of aromatic nitrogens is 3. The Balaban J connectivity index is 1.92. The molecule has 0 saturated heterocycles. The summed E-state index contributed by atoms with van der Waals surface area (Å²) >= 11 is 5.97. The maximum atomic E-state index is 12.5. The lowest BCUT2D eigenvalue weighted by Gasteiger charge is -2.13. The summed E-state index contributed by atoms with van der Waals surface area (Å²) in [6.45, 7) is 1.71. The zero-order chi connectivity index (χ0) is 17.3. The van der Waals surface area contributed by atoms with Gasteiger partial charge in [-0.2, -0.15) is 0 Å². The smallest absolute Gasteiger partial charge is 0.283 e. The highest BCUT2D eigenvalue weighted by atomic mass is 35.5. The van der Waals surface area contributed by atoms with E-state index in [0.717, 1.165) is 0 Å². The molecule has 1 amide bonds. The number of fused-ring (bicyclic) bond motifs is 1. The van der Waals surface area contributed by atoms with Gasteiger partial charge in [0.15, 0.2) is 11.5 Å². The molecule has 0 radical (unpaired) electrons. The first-order valence-electron chi connectivity index (χ1n) is 7.02. The van der Waals surface area contributed by atoms with E-state index in [9.17, 15) is 14.9 Å². The van der Waals surface area contributed by atoms with E-state index in [0.29, 0.717) is 11.5 Å². The fraction of sp³-hybridized carbons (Fsp3) is 0.133. The lowest BCUT2D eigenvalue weighted by Crippen LogP contribution is -2.28. The zero-order valence-corrected chi connectivity index (χ0v) is 13.3. The molecule has 8 nitrogen and oxygen atoms in total. The van der Waals surface area contributed by atoms with Gasteiger partial charge >= 0.3 is 0 Å². The van der Waals surface area contributed by atoms with Gasteiger partial charge in [-0.15, -0.1) is 10.2 Å². The number of carbonyl (C=O) groups is 1. The first-order chi connectivity index (χ1) is 11.5. The van der Waals surface area contributed by atoms with E-state index in [-0.39, 0.29) is 16.3 Å². The zero-order valence-electron chi connectivity index (χ0n) is 12.5. The van der Waals surface area contributed by atoms with Gasteiger partial charge in [0.1, 0.15) is 5.56 Å². The van der Waals surface area contributed by atoms with Crippen molar-refractivity contribution in [3.63, 3.8) is 0 Å². The number of amides is 1. The molecule has 9 heteroatoms. The topological polar surface area (TPSA) is 102 Å². The van der Waals surface area contributed by atoms with Crippen molar-refractivity contribution in [2.75, 3.05) is 0 Å². The molecule has 0 bridgehead atoms. The molecule has 1 N–H and O–H groups in total. The van der Waals surface area contributed by atoms with E-state index in [1.807, 2.05) is 12.1 Å². The molecule has 122 valence electrons. The fourth-order valence-electron chi connectivity index (χ4n) is 2.38. The first-order valence-corrected chi connectivity index (χ1v) is 7.40. The van der Waals surface area contributed by atoms with Crippen molar-refractivity contribution in [3.8, 4) is 0 Å². The molecule has 2 heterocycles. The number of nitro groups is 1. The molecule has 3 aromatic rings. The van der Waals surface area contributed by atoms with Crippen LogP contribution in [0.4, 0.5) is 5.69 Å². The Morgan fingerprint density at radius 3 is 2.83 bits per heavy atom. The van der Waals surface area contributed by atoms with E-state index in [4.69, 9.17) is 11.6 Å². The van der Waals surface area contributed by atoms with Crippen LogP contribution in [-0.4, -0.2) is 25.4 Å². The number of carbonyl (C=O) groups excluding carboxylic acids is 1. The Labute approximate surface area is 141 Å². The molecule has 3 rings (SSSR count). The van der Waals surface area contributed by atoms with Crippen LogP contribution in [0.3, 0.4) is 0 Å². The Morgan fingerprint density at radius 2 is 2.08 bits per heavy atom. The number of pyridine rings is 1. The maximum absolute atomic E-state index is 12.5. The summed E-state index contributed by atoms with van der Waals surface area (Å²) in [6.07, 6.45) is 1.77. The average Bonchev–Trinajstić information content (AvgIpc) is 2.98. The summed E-state index contributed by atoms with van der Waals surface area (Å²) in [4.78, 5) is 22.9. The van der Waals surface area contributed by atoms with Crippen molar-refractivity contribution in [2.45, 2.75) is 13.0 Å². The van der Waals surface area contributed by atoms with Gasteiger partial charge in [-0.1, -0.05) is 23.7 Å². The number of halogens is 1. The van der Waals surface area contributed by atoms with Crippen LogP contribution in [0.1, 0.15) is 29.1 Å². The minimum absolute atomic E-state index is 0.0139. The highest BCUT2D eigenvalue weighted by molar-refractivity contribution is 6.34. The third kappa shape index (κ3) is 2.79. The summed E-state index contributed by atoms with van der Waals surface area (Å²) in [5.41, 5.74) is 0.112. The van der Waals surface area contributed by atoms with Crippen LogP contribution in [0.15, 0.2) is 42.6 Å². The molecule has 1 aromatic carbocycles. The molecule has 0 spiro atoms. The number of hydrogen-bond acceptors (Lipinski definition) is 5. The first kappa shape index (κ1) is 15.9. The summed E-state index contributed by atoms with van der Waals surface area (Å²) in [5.74, 6) is -0.138. The number of benzene rings is 1. The van der Waals surface area contributed by atoms with E-state index in [1.54, 1.807) is 23.6 Å². The third-order valence-corrected chi connectivity index (χ3v) is 3.81. The van der Waals surface area contributed by atoms with Crippen molar-refractivity contribution in [1.82, 2.24) is 19.9 Å². The Kier molecular flexibility index (Phi) is 4.13. The number of nitrogens with one attached hydrogen (secondary N) is 1. The van der Waals surface area contributed by atoms with Crippen molar-refractivity contribution < 1.29 is 9.72 Å². The van der Waals surface area contributed by atoms with E-state index < -0.39 is 16.9 Å². The highest BCUT2D eigenvalue weighted by Crippen LogP contribution is 2.26. The molecule has 0 unspecified atom stereocenters. The maximum Gasteiger partial charge on any atom is 0.283 e. The lowest BCUT2D eigenvalue weighted by molar-refractivity contribution is -0.385. The van der Waals surface area contributed by atoms with Crippen LogP contribution in [0, 0.1) is 10.1 Å². The van der Waals surface area contributed by atoms with Crippen LogP contribution in [-0.2, 0) is 0 Å². The van der Waals surface area contributed by atoms with Crippen LogP contribution in [0.25, 0.3) is 5.65 Å². The summed E-state index contributed by atoms with van der Waals surface area (Å²) in [5, 5.41) is 21.9. The van der Waals surface area contributed by atoms with Crippen molar-refractivity contribution in [1.29, 1.82) is 0 Å². The Morgan fingerprint density at radius 1 is 1.29 bits per heavy atom. The molecule has 1 atom stereocenters. The lowest BCUT2D eigenvalue weighted by atomic mass is 10.1. The summed E-state index contributed by atoms with van der Waals surface area (Å²) in [6, 6.07) is 8.98. The normalized spacial score (nSPS) is 12.1. The molecule has 0 aliphatic rings. The second kappa shape index (κ2) is 6.25. The second-order valence-corrected chi connectivity index (χ2v) is 5.48. The van der Waals surface area contributed by atoms with Gasteiger partial charge in [0.05, 0.1) is 16.0 Å². The quantitative estimate of drug-likeness (QED) is 0.578. The largest absolute Gasteiger partial charge is 0.342 e. The van der Waals surface area contributed by atoms with Gasteiger partial charge in [0.2, 0.25) is 0 Å². The number of rotatable bonds is 4. The second-order valence-electron chi connectivity index (χ2n) is 5.07. The van der Waals surface area contributed by atoms with Crippen molar-refractivity contribution in [2.24, 2.45) is 0 Å². The standard InChI is InChI=1S/C15H12ClN5O3/c1-9(14-19-18-12-7-2-3-8-20(12)14)17-15(22)13-10(16)5-4-6-11(13)21(23)24/h2-9H,1H3,(H,17,22)/t9-/m1/s1. The molecular formula is C15H12ClN5O3. The van der Waals surface area contributed by atoms with Crippen LogP contribution in [0.2, 0.25) is 5.02 Å². The van der Waals surface area contributed by atoms with E-state index >= 15 is 0 Å². The third-order valence-electron chi connectivity index (χ3n) is 3.49. The Hall–Kier alpha value is -3.00. The van der Waals surface area contributed by atoms with Gasteiger partial charge in [-0.05, 0) is 25.1 Å². The fourth-order valence-corrected chi connectivity index (χ4v) is 2.63. The highest BCUT2D eigenvalue weighted by Gasteiger charge is 2.25. The average molecular weight is 346 g/mol. The SMILES string of the molecule is C[C@@H](NC(=O)c1c(Cl)cccc1[N+](=O)[O-])c1nnc2ccccn12. The van der Waals surface area contributed by atoms with Crippen LogP contribution >= 0.6 is 11.6 Å². The molecule has 0 saturated carbocycles. The molecular weight excluding hydrogens is 334 g/mol. The van der Waals surface area contributed by atoms with Crippen LogP contribution in [0.5, 0.6) is 0 Å². The molecule has 0 aliphatic carbocycles. The molecule has 2 aromatic heterocycles. The summed E-state index contributed by atoms with van der Waals surface area (Å²) < 4.78 is 1.73. The van der Waals surface area contributed by atoms with Crippen LogP contribution < -0.4 is 5.32 Å². The number of nitro benzene ring substituents is 1. The predicted molar refractivity (Wildman–Crippen MR) is 87.0 cm³/mol. The number of hydrogen-bond donors (Lipinski definition) is 1.